The van der Waals surface area contributed by atoms with E-state index in [2.05, 4.69) is 11.6 Å². The van der Waals surface area contributed by atoms with Gasteiger partial charge in [-0.25, -0.2) is 4.98 Å². The summed E-state index contributed by atoms with van der Waals surface area (Å²) in [5.41, 5.74) is 4.27. The third-order valence-corrected chi connectivity index (χ3v) is 5.01. The Balaban J connectivity index is 2.46. The van der Waals surface area contributed by atoms with Crippen molar-refractivity contribution in [3.8, 4) is 11.1 Å². The first-order valence-corrected chi connectivity index (χ1v) is 9.54. The fourth-order valence-corrected chi connectivity index (χ4v) is 3.69. The second-order valence-electron chi connectivity index (χ2n) is 7.29. The van der Waals surface area contributed by atoms with Crippen LogP contribution in [0.15, 0.2) is 49.0 Å². The molecule has 0 saturated carbocycles. The molecular weight excluding hydrogens is 369 g/mol. The van der Waals surface area contributed by atoms with Gasteiger partial charge in [-0.2, -0.15) is 0 Å². The Hall–Kier alpha value is -2.59. The van der Waals surface area contributed by atoms with Crippen LogP contribution in [-0.4, -0.2) is 23.9 Å². The highest BCUT2D eigenvalue weighted by atomic mass is 35.5. The van der Waals surface area contributed by atoms with E-state index < -0.39 is 11.9 Å². The van der Waals surface area contributed by atoms with Crippen LogP contribution in [0, 0.1) is 5.92 Å². The summed E-state index contributed by atoms with van der Waals surface area (Å²) in [4.78, 5) is 16.9. The van der Waals surface area contributed by atoms with Crippen molar-refractivity contribution in [1.82, 2.24) is 4.98 Å². The molecule has 0 aliphatic carbocycles. The van der Waals surface area contributed by atoms with Crippen molar-refractivity contribution < 1.29 is 9.90 Å². The first-order chi connectivity index (χ1) is 13.3. The van der Waals surface area contributed by atoms with Gasteiger partial charge >= 0.3 is 5.97 Å². The van der Waals surface area contributed by atoms with E-state index in [-0.39, 0.29) is 5.92 Å². The first kappa shape index (κ1) is 20.2. The molecular formula is C23H21BClNO2. The predicted molar refractivity (Wildman–Crippen MR) is 117 cm³/mol. The molecule has 0 aliphatic heterocycles. The Morgan fingerprint density at radius 2 is 1.93 bits per heavy atom. The maximum absolute atomic E-state index is 12.2. The van der Waals surface area contributed by atoms with E-state index in [4.69, 9.17) is 19.4 Å². The molecule has 140 valence electrons. The lowest BCUT2D eigenvalue weighted by Gasteiger charge is -2.23. The van der Waals surface area contributed by atoms with Crippen molar-refractivity contribution in [3.05, 3.63) is 65.3 Å². The van der Waals surface area contributed by atoms with Crippen molar-refractivity contribution in [2.24, 2.45) is 5.92 Å². The Kier molecular flexibility index (Phi) is 5.90. The molecule has 1 N–H and O–H groups in total. The van der Waals surface area contributed by atoms with Crippen molar-refractivity contribution in [3.63, 3.8) is 0 Å². The monoisotopic (exact) mass is 389 g/mol. The first-order valence-electron chi connectivity index (χ1n) is 9.16. The highest BCUT2D eigenvalue weighted by molar-refractivity contribution is 6.33. The Bertz CT molecular complexity index is 1040. The average molecular weight is 390 g/mol. The summed E-state index contributed by atoms with van der Waals surface area (Å²) in [6.07, 6.45) is 2.12. The standard InChI is InChI=1S/C23H21BClNO2/c1-4-19-22(18(23(27)28)11-13(2)3)21(14-5-8-16(25)9-6-14)17-12-15(24)7-10-20(17)26-19/h4-10,12-13,18H,1,11H2,2-3H3,(H,27,28). The normalized spacial score (nSPS) is 12.3. The molecule has 1 aromatic heterocycles. The van der Waals surface area contributed by atoms with Crippen LogP contribution in [0.5, 0.6) is 0 Å². The molecule has 1 unspecified atom stereocenters. The van der Waals surface area contributed by atoms with E-state index in [1.807, 2.05) is 38.1 Å². The SMILES string of the molecule is [B]c1ccc2nc(C=C)c(C(CC(C)C)C(=O)O)c(-c3ccc(Cl)cc3)c2c1. The molecule has 3 aromatic rings. The lowest BCUT2D eigenvalue weighted by molar-refractivity contribution is -0.139. The van der Waals surface area contributed by atoms with E-state index in [0.29, 0.717) is 28.2 Å². The fourth-order valence-electron chi connectivity index (χ4n) is 3.56. The van der Waals surface area contributed by atoms with Gasteiger partial charge in [0.25, 0.3) is 0 Å². The minimum Gasteiger partial charge on any atom is -0.481 e. The van der Waals surface area contributed by atoms with Crippen LogP contribution in [0.1, 0.15) is 37.4 Å². The number of rotatable bonds is 6. The molecule has 2 radical (unpaired) electrons. The quantitative estimate of drug-likeness (QED) is 0.589. The van der Waals surface area contributed by atoms with E-state index in [0.717, 1.165) is 22.0 Å². The molecule has 0 saturated heterocycles. The van der Waals surface area contributed by atoms with Crippen LogP contribution in [0.4, 0.5) is 0 Å². The summed E-state index contributed by atoms with van der Waals surface area (Å²) in [6, 6.07) is 12.9. The van der Waals surface area contributed by atoms with Crippen molar-refractivity contribution in [1.29, 1.82) is 0 Å². The number of aromatic nitrogens is 1. The summed E-state index contributed by atoms with van der Waals surface area (Å²) in [6.45, 7) is 7.91. The van der Waals surface area contributed by atoms with Gasteiger partial charge in [0, 0.05) is 16.0 Å². The number of benzene rings is 2. The van der Waals surface area contributed by atoms with Gasteiger partial charge in [0.1, 0.15) is 7.85 Å². The summed E-state index contributed by atoms with van der Waals surface area (Å²) in [7, 11) is 6.05. The summed E-state index contributed by atoms with van der Waals surface area (Å²) >= 11 is 6.08. The third kappa shape index (κ3) is 3.97. The molecule has 3 rings (SSSR count). The van der Waals surface area contributed by atoms with Gasteiger partial charge in [-0.3, -0.25) is 4.79 Å². The van der Waals surface area contributed by atoms with Crippen LogP contribution in [0.3, 0.4) is 0 Å². The van der Waals surface area contributed by atoms with Gasteiger partial charge in [-0.05, 0) is 47.7 Å². The number of hydrogen-bond donors (Lipinski definition) is 1. The lowest BCUT2D eigenvalue weighted by Crippen LogP contribution is -2.17. The van der Waals surface area contributed by atoms with E-state index >= 15 is 0 Å². The number of hydrogen-bond acceptors (Lipinski definition) is 2. The van der Waals surface area contributed by atoms with E-state index in [1.54, 1.807) is 24.3 Å². The van der Waals surface area contributed by atoms with Crippen molar-refractivity contribution >= 4 is 47.9 Å². The molecule has 1 heterocycles. The van der Waals surface area contributed by atoms with Crippen LogP contribution >= 0.6 is 11.6 Å². The molecule has 2 aromatic carbocycles. The maximum atomic E-state index is 12.2. The van der Waals surface area contributed by atoms with Gasteiger partial charge in [0.05, 0.1) is 17.1 Å². The molecule has 28 heavy (non-hydrogen) atoms. The number of carboxylic acid groups (broad SMARTS) is 1. The Labute approximate surface area is 171 Å². The van der Waals surface area contributed by atoms with Crippen LogP contribution in [0.2, 0.25) is 5.02 Å². The average Bonchev–Trinajstić information content (AvgIpc) is 2.65. The number of halogens is 1. The number of nitrogens with zero attached hydrogens (tertiary/aromatic N) is 1. The molecule has 0 spiro atoms. The molecule has 5 heteroatoms. The van der Waals surface area contributed by atoms with Crippen LogP contribution in [0.25, 0.3) is 28.1 Å². The van der Waals surface area contributed by atoms with E-state index in [9.17, 15) is 9.90 Å². The van der Waals surface area contributed by atoms with Crippen molar-refractivity contribution in [2.75, 3.05) is 0 Å². The Morgan fingerprint density at radius 1 is 1.25 bits per heavy atom. The fraction of sp³-hybridized carbons (Fsp3) is 0.217. The zero-order valence-electron chi connectivity index (χ0n) is 15.9. The second kappa shape index (κ2) is 8.20. The summed E-state index contributed by atoms with van der Waals surface area (Å²) in [5, 5.41) is 11.5. The van der Waals surface area contributed by atoms with Gasteiger partial charge in [-0.15, -0.1) is 0 Å². The smallest absolute Gasteiger partial charge is 0.311 e. The Morgan fingerprint density at radius 3 is 2.50 bits per heavy atom. The van der Waals surface area contributed by atoms with Crippen molar-refractivity contribution in [2.45, 2.75) is 26.2 Å². The van der Waals surface area contributed by atoms with Gasteiger partial charge < -0.3 is 5.11 Å². The molecule has 0 aliphatic rings. The minimum atomic E-state index is -0.878. The highest BCUT2D eigenvalue weighted by Gasteiger charge is 2.28. The third-order valence-electron chi connectivity index (χ3n) is 4.76. The molecule has 1 atom stereocenters. The molecule has 3 nitrogen and oxygen atoms in total. The second-order valence-corrected chi connectivity index (χ2v) is 7.73. The predicted octanol–water partition coefficient (Wildman–Crippen LogP) is 5.21. The number of fused-ring (bicyclic) bond motifs is 1. The maximum Gasteiger partial charge on any atom is 0.311 e. The largest absolute Gasteiger partial charge is 0.481 e. The number of carboxylic acids is 1. The number of carbonyl (C=O) groups is 1. The molecule has 0 amide bonds. The zero-order chi connectivity index (χ0) is 20.4. The minimum absolute atomic E-state index is 0.202. The molecule has 0 fully saturated rings. The summed E-state index contributed by atoms with van der Waals surface area (Å²) in [5.74, 6) is -1.39. The highest BCUT2D eigenvalue weighted by Crippen LogP contribution is 2.40. The topological polar surface area (TPSA) is 50.2 Å². The zero-order valence-corrected chi connectivity index (χ0v) is 16.7. The lowest BCUT2D eigenvalue weighted by atomic mass is 9.81. The van der Waals surface area contributed by atoms with Gasteiger partial charge in [-0.1, -0.05) is 61.8 Å². The number of aliphatic carboxylic acids is 1. The van der Waals surface area contributed by atoms with E-state index in [1.165, 1.54) is 0 Å². The summed E-state index contributed by atoms with van der Waals surface area (Å²) < 4.78 is 0. The van der Waals surface area contributed by atoms with Crippen LogP contribution < -0.4 is 5.46 Å². The molecule has 0 bridgehead atoms. The number of pyridine rings is 1. The van der Waals surface area contributed by atoms with Gasteiger partial charge in [0.2, 0.25) is 0 Å². The van der Waals surface area contributed by atoms with Crippen LogP contribution in [-0.2, 0) is 4.79 Å². The van der Waals surface area contributed by atoms with Gasteiger partial charge in [0.15, 0.2) is 0 Å².